The summed E-state index contributed by atoms with van der Waals surface area (Å²) in [6, 6.07) is 10.3. The van der Waals surface area contributed by atoms with Crippen molar-refractivity contribution >= 4 is 33.1 Å². The van der Waals surface area contributed by atoms with Crippen molar-refractivity contribution in [3.8, 4) is 0 Å². The van der Waals surface area contributed by atoms with Gasteiger partial charge in [0.15, 0.2) is 0 Å². The fraction of sp³-hybridized carbons (Fsp3) is 0.357. The Morgan fingerprint density at radius 1 is 1.16 bits per heavy atom. The average molecular weight is 340 g/mol. The summed E-state index contributed by atoms with van der Waals surface area (Å²) in [6.07, 6.45) is 1.83. The molecule has 0 saturated carbocycles. The molecule has 0 aliphatic carbocycles. The summed E-state index contributed by atoms with van der Waals surface area (Å²) in [5, 5.41) is 0. The molecule has 19 heavy (non-hydrogen) atoms. The minimum atomic E-state index is 0.972. The van der Waals surface area contributed by atoms with Gasteiger partial charge in [-0.05, 0) is 47.2 Å². The van der Waals surface area contributed by atoms with Crippen molar-refractivity contribution in [3.63, 3.8) is 0 Å². The van der Waals surface area contributed by atoms with E-state index in [1.165, 1.54) is 8.66 Å². The van der Waals surface area contributed by atoms with Crippen LogP contribution in [0.3, 0.4) is 0 Å². The first-order valence-corrected chi connectivity index (χ1v) is 7.81. The first-order chi connectivity index (χ1) is 9.15. The molecular weight excluding hydrogens is 322 g/mol. The van der Waals surface area contributed by atoms with Crippen LogP contribution in [0.25, 0.3) is 0 Å². The van der Waals surface area contributed by atoms with Gasteiger partial charge in [0, 0.05) is 37.8 Å². The maximum absolute atomic E-state index is 4.35. The Balaban J connectivity index is 1.79. The second-order valence-electron chi connectivity index (χ2n) is 4.55. The van der Waals surface area contributed by atoms with Crippen LogP contribution in [0.1, 0.15) is 4.88 Å². The van der Waals surface area contributed by atoms with Crippen molar-refractivity contribution < 1.29 is 0 Å². The highest BCUT2D eigenvalue weighted by Gasteiger charge is 2.06. The van der Waals surface area contributed by atoms with E-state index in [1.54, 1.807) is 11.3 Å². The van der Waals surface area contributed by atoms with Gasteiger partial charge in [0.05, 0.1) is 3.79 Å². The molecule has 0 amide bonds. The van der Waals surface area contributed by atoms with Crippen molar-refractivity contribution in [1.29, 1.82) is 0 Å². The molecule has 2 aromatic rings. The Morgan fingerprint density at radius 2 is 2.00 bits per heavy atom. The molecule has 0 radical (unpaired) electrons. The maximum atomic E-state index is 4.35. The molecular formula is C14H18BrN3S. The molecule has 0 aromatic carbocycles. The lowest BCUT2D eigenvalue weighted by atomic mass is 10.4. The molecule has 0 fully saturated rings. The van der Waals surface area contributed by atoms with Gasteiger partial charge in [-0.25, -0.2) is 4.98 Å². The van der Waals surface area contributed by atoms with Gasteiger partial charge in [-0.3, -0.25) is 4.90 Å². The third-order valence-corrected chi connectivity index (χ3v) is 4.52. The number of nitrogens with zero attached hydrogens (tertiary/aromatic N) is 3. The zero-order valence-electron chi connectivity index (χ0n) is 11.2. The van der Waals surface area contributed by atoms with E-state index >= 15 is 0 Å². The second kappa shape index (κ2) is 7.03. The summed E-state index contributed by atoms with van der Waals surface area (Å²) in [7, 11) is 4.23. The zero-order valence-corrected chi connectivity index (χ0v) is 13.6. The number of likely N-dealkylation sites (N-methyl/N-ethyl adjacent to an activating group) is 2. The van der Waals surface area contributed by atoms with Gasteiger partial charge < -0.3 is 4.90 Å². The summed E-state index contributed by atoms with van der Waals surface area (Å²) in [4.78, 5) is 10.2. The van der Waals surface area contributed by atoms with Crippen LogP contribution < -0.4 is 4.90 Å². The lowest BCUT2D eigenvalue weighted by Gasteiger charge is -2.22. The molecule has 0 aliphatic heterocycles. The van der Waals surface area contributed by atoms with Crippen molar-refractivity contribution in [2.45, 2.75) is 6.54 Å². The van der Waals surface area contributed by atoms with E-state index in [1.807, 2.05) is 24.4 Å². The fourth-order valence-corrected chi connectivity index (χ4v) is 3.36. The van der Waals surface area contributed by atoms with Crippen molar-refractivity contribution in [1.82, 2.24) is 9.88 Å². The van der Waals surface area contributed by atoms with E-state index in [4.69, 9.17) is 0 Å². The molecule has 0 spiro atoms. The Morgan fingerprint density at radius 3 is 2.63 bits per heavy atom. The van der Waals surface area contributed by atoms with E-state index in [0.717, 1.165) is 25.5 Å². The number of hydrogen-bond donors (Lipinski definition) is 0. The van der Waals surface area contributed by atoms with Crippen LogP contribution in [-0.2, 0) is 6.54 Å². The molecule has 2 heterocycles. The van der Waals surface area contributed by atoms with E-state index in [9.17, 15) is 0 Å². The molecule has 0 N–H and O–H groups in total. The average Bonchev–Trinajstić information content (AvgIpc) is 2.82. The first-order valence-electron chi connectivity index (χ1n) is 6.20. The predicted molar refractivity (Wildman–Crippen MR) is 85.9 cm³/mol. The van der Waals surface area contributed by atoms with E-state index in [2.05, 4.69) is 56.9 Å². The van der Waals surface area contributed by atoms with Crippen molar-refractivity contribution in [2.24, 2.45) is 0 Å². The monoisotopic (exact) mass is 339 g/mol. The molecule has 2 rings (SSSR count). The van der Waals surface area contributed by atoms with Crippen LogP contribution in [0.4, 0.5) is 5.82 Å². The van der Waals surface area contributed by atoms with Crippen molar-refractivity contribution in [3.05, 3.63) is 45.2 Å². The molecule has 102 valence electrons. The summed E-state index contributed by atoms with van der Waals surface area (Å²) >= 11 is 5.29. The Kier molecular flexibility index (Phi) is 5.36. The minimum Gasteiger partial charge on any atom is -0.358 e. The highest BCUT2D eigenvalue weighted by molar-refractivity contribution is 9.11. The smallest absolute Gasteiger partial charge is 0.128 e. The third-order valence-electron chi connectivity index (χ3n) is 2.91. The van der Waals surface area contributed by atoms with E-state index in [0.29, 0.717) is 0 Å². The van der Waals surface area contributed by atoms with Crippen LogP contribution in [0, 0.1) is 0 Å². The predicted octanol–water partition coefficient (Wildman–Crippen LogP) is 3.47. The first kappa shape index (κ1) is 14.5. The van der Waals surface area contributed by atoms with Crippen LogP contribution in [-0.4, -0.2) is 37.1 Å². The van der Waals surface area contributed by atoms with Gasteiger partial charge in [-0.1, -0.05) is 6.07 Å². The summed E-state index contributed by atoms with van der Waals surface area (Å²) < 4.78 is 1.20. The lowest BCUT2D eigenvalue weighted by Crippen LogP contribution is -2.30. The molecule has 0 saturated heterocycles. The van der Waals surface area contributed by atoms with E-state index < -0.39 is 0 Å². The van der Waals surface area contributed by atoms with Crippen LogP contribution in [0.2, 0.25) is 0 Å². The minimum absolute atomic E-state index is 0.972. The normalized spacial score (nSPS) is 10.9. The number of anilines is 1. The maximum Gasteiger partial charge on any atom is 0.128 e. The van der Waals surface area contributed by atoms with Gasteiger partial charge in [-0.15, -0.1) is 11.3 Å². The Hall–Kier alpha value is -0.910. The number of thiophene rings is 1. The number of halogens is 1. The second-order valence-corrected chi connectivity index (χ2v) is 7.10. The van der Waals surface area contributed by atoms with Crippen LogP contribution >= 0.6 is 27.3 Å². The van der Waals surface area contributed by atoms with Gasteiger partial charge in [0.2, 0.25) is 0 Å². The third kappa shape index (κ3) is 4.60. The number of rotatable bonds is 6. The summed E-state index contributed by atoms with van der Waals surface area (Å²) in [5.74, 6) is 1.02. The number of hydrogen-bond acceptors (Lipinski definition) is 4. The zero-order chi connectivity index (χ0) is 13.7. The molecule has 5 heteroatoms. The largest absolute Gasteiger partial charge is 0.358 e. The van der Waals surface area contributed by atoms with Crippen LogP contribution in [0.15, 0.2) is 40.3 Å². The van der Waals surface area contributed by atoms with Crippen molar-refractivity contribution in [2.75, 3.05) is 32.1 Å². The summed E-state index contributed by atoms with van der Waals surface area (Å²) in [6.45, 7) is 2.98. The molecule has 3 nitrogen and oxygen atoms in total. The highest BCUT2D eigenvalue weighted by atomic mass is 79.9. The highest BCUT2D eigenvalue weighted by Crippen LogP contribution is 2.22. The van der Waals surface area contributed by atoms with Crippen LogP contribution in [0.5, 0.6) is 0 Å². The number of pyridine rings is 1. The molecule has 2 aromatic heterocycles. The van der Waals surface area contributed by atoms with Gasteiger partial charge in [0.25, 0.3) is 0 Å². The Bertz CT molecular complexity index is 500. The SMILES string of the molecule is CN(CCN(C)c1ccccn1)Cc1ccc(Br)s1. The topological polar surface area (TPSA) is 19.4 Å². The lowest BCUT2D eigenvalue weighted by molar-refractivity contribution is 0.337. The molecule has 0 atom stereocenters. The Labute approximate surface area is 127 Å². The molecule has 0 bridgehead atoms. The molecule has 0 aliphatic rings. The van der Waals surface area contributed by atoms with Gasteiger partial charge in [0.1, 0.15) is 5.82 Å². The quantitative estimate of drug-likeness (QED) is 0.803. The van der Waals surface area contributed by atoms with Gasteiger partial charge in [-0.2, -0.15) is 0 Å². The molecule has 0 unspecified atom stereocenters. The van der Waals surface area contributed by atoms with Gasteiger partial charge >= 0.3 is 0 Å². The summed E-state index contributed by atoms with van der Waals surface area (Å²) in [5.41, 5.74) is 0. The fourth-order valence-electron chi connectivity index (χ4n) is 1.80. The standard InChI is InChI=1S/C14H18BrN3S/c1-17(11-12-6-7-13(15)19-12)9-10-18(2)14-5-3-4-8-16-14/h3-8H,9-11H2,1-2H3. The number of aromatic nitrogens is 1. The van der Waals surface area contributed by atoms with E-state index in [-0.39, 0.29) is 0 Å².